The van der Waals surface area contributed by atoms with Crippen molar-refractivity contribution in [1.29, 1.82) is 0 Å². The van der Waals surface area contributed by atoms with Crippen molar-refractivity contribution in [2.24, 2.45) is 5.41 Å². The van der Waals surface area contributed by atoms with Gasteiger partial charge >= 0.3 is 5.97 Å². The van der Waals surface area contributed by atoms with Gasteiger partial charge in [-0.1, -0.05) is 68.0 Å². The summed E-state index contributed by atoms with van der Waals surface area (Å²) in [6, 6.07) is 14.7. The molecule has 0 saturated heterocycles. The lowest BCUT2D eigenvalue weighted by molar-refractivity contribution is -0.131. The summed E-state index contributed by atoms with van der Waals surface area (Å²) in [5.41, 5.74) is 6.11. The van der Waals surface area contributed by atoms with Gasteiger partial charge in [-0.05, 0) is 48.3 Å². The van der Waals surface area contributed by atoms with E-state index in [0.717, 1.165) is 28.0 Å². The van der Waals surface area contributed by atoms with Gasteiger partial charge in [0, 0.05) is 17.1 Å². The molecule has 2 aromatic rings. The minimum absolute atomic E-state index is 0.132. The first-order valence-electron chi connectivity index (χ1n) is 9.40. The second-order valence-electron chi connectivity index (χ2n) is 8.01. The zero-order valence-electron chi connectivity index (χ0n) is 16.8. The summed E-state index contributed by atoms with van der Waals surface area (Å²) < 4.78 is 6.08. The Hall–Kier alpha value is -3.07. The van der Waals surface area contributed by atoms with Crippen molar-refractivity contribution < 1.29 is 14.6 Å². The van der Waals surface area contributed by atoms with Gasteiger partial charge in [-0.25, -0.2) is 4.79 Å². The lowest BCUT2D eigenvalue weighted by Gasteiger charge is -2.18. The average Bonchev–Trinajstić information content (AvgIpc) is 2.76. The molecule has 1 N–H and O–H groups in total. The first kappa shape index (κ1) is 19.7. The van der Waals surface area contributed by atoms with Crippen LogP contribution in [0.3, 0.4) is 0 Å². The molecule has 1 heterocycles. The first-order chi connectivity index (χ1) is 13.2. The van der Waals surface area contributed by atoms with Crippen molar-refractivity contribution in [3.05, 3.63) is 83.5 Å². The lowest BCUT2D eigenvalue weighted by Crippen LogP contribution is -2.17. The van der Waals surface area contributed by atoms with Crippen molar-refractivity contribution >= 4 is 11.5 Å². The van der Waals surface area contributed by atoms with Gasteiger partial charge in [0.15, 0.2) is 0 Å². The van der Waals surface area contributed by atoms with Crippen molar-refractivity contribution in [2.45, 2.75) is 27.7 Å². The molecule has 3 nitrogen and oxygen atoms in total. The number of ether oxygens (including phenoxy) is 1. The number of allylic oxidation sites excluding steroid dienone is 4. The van der Waals surface area contributed by atoms with E-state index in [9.17, 15) is 4.79 Å². The fraction of sp³-hybridized carbons (Fsp3) is 0.240. The Labute approximate surface area is 166 Å². The van der Waals surface area contributed by atoms with Crippen LogP contribution in [0.5, 0.6) is 5.75 Å². The summed E-state index contributed by atoms with van der Waals surface area (Å²) in [7, 11) is 0. The second-order valence-corrected chi connectivity index (χ2v) is 8.01. The Morgan fingerprint density at radius 1 is 1.11 bits per heavy atom. The molecule has 1 aliphatic rings. The molecule has 0 bridgehead atoms. The normalized spacial score (nSPS) is 16.1. The molecule has 1 aliphatic heterocycles. The molecule has 0 fully saturated rings. The standard InChI is InChI=1S/C25H26O3/c1-17-5-8-19(9-6-17)20-11-12-23-22(14-20)21(15-25(3,4)16-28-23)10-7-18(2)13-24(26)27/h5-15H,16H2,1-4H3,(H,26,27)/b10-7+,18-13+. The van der Waals surface area contributed by atoms with Crippen molar-refractivity contribution in [2.75, 3.05) is 6.61 Å². The number of rotatable bonds is 4. The molecule has 0 atom stereocenters. The van der Waals surface area contributed by atoms with E-state index >= 15 is 0 Å². The highest BCUT2D eigenvalue weighted by atomic mass is 16.5. The number of fused-ring (bicyclic) bond motifs is 1. The van der Waals surface area contributed by atoms with Crippen LogP contribution in [0.15, 0.2) is 72.3 Å². The van der Waals surface area contributed by atoms with Crippen LogP contribution < -0.4 is 4.74 Å². The number of hydrogen-bond acceptors (Lipinski definition) is 2. The lowest BCUT2D eigenvalue weighted by atomic mass is 9.89. The maximum atomic E-state index is 10.9. The molecular formula is C25H26O3. The predicted molar refractivity (Wildman–Crippen MR) is 114 cm³/mol. The Balaban J connectivity index is 2.07. The fourth-order valence-electron chi connectivity index (χ4n) is 3.21. The van der Waals surface area contributed by atoms with Gasteiger partial charge in [0.2, 0.25) is 0 Å². The molecular weight excluding hydrogens is 348 g/mol. The van der Waals surface area contributed by atoms with E-state index in [2.05, 4.69) is 63.2 Å². The Morgan fingerprint density at radius 3 is 2.46 bits per heavy atom. The quantitative estimate of drug-likeness (QED) is 0.523. The van der Waals surface area contributed by atoms with E-state index in [4.69, 9.17) is 9.84 Å². The Kier molecular flexibility index (Phi) is 5.55. The molecule has 0 aromatic heterocycles. The number of benzene rings is 2. The van der Waals surface area contributed by atoms with Crippen LogP contribution >= 0.6 is 0 Å². The maximum absolute atomic E-state index is 10.9. The molecule has 0 aliphatic carbocycles. The predicted octanol–water partition coefficient (Wildman–Crippen LogP) is 6.05. The van der Waals surface area contributed by atoms with Gasteiger partial charge in [-0.3, -0.25) is 0 Å². The smallest absolute Gasteiger partial charge is 0.328 e. The molecule has 2 aromatic carbocycles. The first-order valence-corrected chi connectivity index (χ1v) is 9.40. The third kappa shape index (κ3) is 4.80. The Morgan fingerprint density at radius 2 is 1.79 bits per heavy atom. The monoisotopic (exact) mass is 374 g/mol. The SMILES string of the molecule is CC(/C=C/C1=CC(C)(C)COc2ccc(-c3ccc(C)cc3)cc21)=C\C(=O)O. The minimum Gasteiger partial charge on any atom is -0.492 e. The van der Waals surface area contributed by atoms with Crippen LogP contribution in [0.25, 0.3) is 16.7 Å². The van der Waals surface area contributed by atoms with E-state index in [1.807, 2.05) is 18.2 Å². The van der Waals surface area contributed by atoms with Gasteiger partial charge in [0.25, 0.3) is 0 Å². The summed E-state index contributed by atoms with van der Waals surface area (Å²) in [5, 5.41) is 8.94. The topological polar surface area (TPSA) is 46.5 Å². The summed E-state index contributed by atoms with van der Waals surface area (Å²) in [6.45, 7) is 8.72. The van der Waals surface area contributed by atoms with Crippen LogP contribution in [-0.4, -0.2) is 17.7 Å². The zero-order chi connectivity index (χ0) is 20.3. The molecule has 0 unspecified atom stereocenters. The maximum Gasteiger partial charge on any atom is 0.328 e. The highest BCUT2D eigenvalue weighted by molar-refractivity contribution is 5.84. The molecule has 28 heavy (non-hydrogen) atoms. The summed E-state index contributed by atoms with van der Waals surface area (Å²) in [5.74, 6) is -0.0973. The van der Waals surface area contributed by atoms with E-state index in [1.54, 1.807) is 6.92 Å². The van der Waals surface area contributed by atoms with Gasteiger partial charge in [-0.2, -0.15) is 0 Å². The number of carbonyl (C=O) groups is 1. The van der Waals surface area contributed by atoms with Crippen LogP contribution in [0.4, 0.5) is 0 Å². The Bertz CT molecular complexity index is 973. The van der Waals surface area contributed by atoms with Crippen LogP contribution in [0.2, 0.25) is 0 Å². The highest BCUT2D eigenvalue weighted by Crippen LogP contribution is 2.38. The van der Waals surface area contributed by atoms with Crippen LogP contribution in [0, 0.1) is 12.3 Å². The van der Waals surface area contributed by atoms with Gasteiger partial charge < -0.3 is 9.84 Å². The number of aliphatic carboxylic acids is 1. The molecule has 3 rings (SSSR count). The minimum atomic E-state index is -0.942. The van der Waals surface area contributed by atoms with Crippen molar-refractivity contribution in [3.63, 3.8) is 0 Å². The van der Waals surface area contributed by atoms with E-state index < -0.39 is 5.97 Å². The van der Waals surface area contributed by atoms with Crippen LogP contribution in [0.1, 0.15) is 31.9 Å². The molecule has 0 amide bonds. The van der Waals surface area contributed by atoms with E-state index in [0.29, 0.717) is 12.2 Å². The number of carboxylic acids is 1. The third-order valence-electron chi connectivity index (χ3n) is 4.70. The zero-order valence-corrected chi connectivity index (χ0v) is 16.8. The molecule has 0 spiro atoms. The fourth-order valence-corrected chi connectivity index (χ4v) is 3.21. The molecule has 0 saturated carbocycles. The number of hydrogen-bond donors (Lipinski definition) is 1. The third-order valence-corrected chi connectivity index (χ3v) is 4.70. The largest absolute Gasteiger partial charge is 0.492 e. The van der Waals surface area contributed by atoms with Gasteiger partial charge in [0.1, 0.15) is 5.75 Å². The highest BCUT2D eigenvalue weighted by Gasteiger charge is 2.23. The molecule has 3 heteroatoms. The van der Waals surface area contributed by atoms with Gasteiger partial charge in [-0.15, -0.1) is 0 Å². The second kappa shape index (κ2) is 7.89. The molecule has 0 radical (unpaired) electrons. The average molecular weight is 374 g/mol. The summed E-state index contributed by atoms with van der Waals surface area (Å²) in [6.07, 6.45) is 7.22. The van der Waals surface area contributed by atoms with Crippen molar-refractivity contribution in [3.8, 4) is 16.9 Å². The number of aryl methyl sites for hydroxylation is 1. The molecule has 144 valence electrons. The summed E-state index contributed by atoms with van der Waals surface area (Å²) >= 11 is 0. The van der Waals surface area contributed by atoms with E-state index in [1.165, 1.54) is 11.6 Å². The summed E-state index contributed by atoms with van der Waals surface area (Å²) in [4.78, 5) is 10.9. The number of carboxylic acid groups (broad SMARTS) is 1. The van der Waals surface area contributed by atoms with E-state index in [-0.39, 0.29) is 5.41 Å². The van der Waals surface area contributed by atoms with Gasteiger partial charge in [0.05, 0.1) is 6.61 Å². The van der Waals surface area contributed by atoms with Crippen molar-refractivity contribution in [1.82, 2.24) is 0 Å². The van der Waals surface area contributed by atoms with Crippen LogP contribution in [-0.2, 0) is 4.79 Å².